The number of nitrogens with zero attached hydrogens (tertiary/aromatic N) is 1. The maximum Gasteiger partial charge on any atom is 0.267 e. The van der Waals surface area contributed by atoms with Crippen LogP contribution in [0.3, 0.4) is 0 Å². The van der Waals surface area contributed by atoms with E-state index >= 15 is 0 Å². The molecule has 2 aliphatic rings. The van der Waals surface area contributed by atoms with E-state index in [1.165, 1.54) is 48.3 Å². The quantitative estimate of drug-likeness (QED) is 0.602. The molecule has 2 saturated heterocycles. The van der Waals surface area contributed by atoms with Crippen molar-refractivity contribution in [1.82, 2.24) is 15.3 Å². The van der Waals surface area contributed by atoms with Crippen LogP contribution in [-0.2, 0) is 0 Å². The summed E-state index contributed by atoms with van der Waals surface area (Å²) in [5, 5.41) is 4.04. The average Bonchev–Trinajstić information content (AvgIpc) is 3.20. The van der Waals surface area contributed by atoms with Crippen LogP contribution in [0.4, 0.5) is 4.39 Å². The zero-order valence-corrected chi connectivity index (χ0v) is 17.9. The molecule has 2 aliphatic heterocycles. The minimum absolute atomic E-state index is 0.0694. The number of aromatic amines is 1. The Morgan fingerprint density at radius 1 is 1.07 bits per heavy atom. The molecule has 1 aromatic carbocycles. The van der Waals surface area contributed by atoms with E-state index in [-0.39, 0.29) is 27.8 Å². The number of aromatic nitrogens is 2. The van der Waals surface area contributed by atoms with Gasteiger partial charge in [0.2, 0.25) is 0 Å². The Kier molecular flexibility index (Phi) is 5.27. The first-order chi connectivity index (χ1) is 14.6. The third-order valence-electron chi connectivity index (χ3n) is 6.69. The van der Waals surface area contributed by atoms with Crippen molar-refractivity contribution in [3.05, 3.63) is 54.1 Å². The van der Waals surface area contributed by atoms with Crippen molar-refractivity contribution in [3.63, 3.8) is 0 Å². The molecular formula is C24H28FN3OS. The van der Waals surface area contributed by atoms with Crippen molar-refractivity contribution in [2.45, 2.75) is 38.1 Å². The van der Waals surface area contributed by atoms with E-state index < -0.39 is 0 Å². The highest BCUT2D eigenvalue weighted by atomic mass is 32.3. The number of carbonyl (C=O) groups is 1. The van der Waals surface area contributed by atoms with Crippen LogP contribution >= 0.6 is 10.0 Å². The zero-order valence-electron chi connectivity index (χ0n) is 17.1. The zero-order chi connectivity index (χ0) is 20.6. The molecule has 1 spiro atoms. The second-order valence-electron chi connectivity index (χ2n) is 8.67. The summed E-state index contributed by atoms with van der Waals surface area (Å²) in [5.41, 5.74) is 2.39. The third kappa shape index (κ3) is 3.85. The summed E-state index contributed by atoms with van der Waals surface area (Å²) in [5.74, 6) is 5.19. The van der Waals surface area contributed by atoms with Gasteiger partial charge in [0.15, 0.2) is 0 Å². The average molecular weight is 426 g/mol. The second-order valence-corrected chi connectivity index (χ2v) is 12.8. The molecule has 6 heteroatoms. The second kappa shape index (κ2) is 8.06. The van der Waals surface area contributed by atoms with Crippen molar-refractivity contribution >= 4 is 27.0 Å². The summed E-state index contributed by atoms with van der Waals surface area (Å²) >= 11 is 0. The Morgan fingerprint density at radius 3 is 2.60 bits per heavy atom. The lowest BCUT2D eigenvalue weighted by molar-refractivity contribution is 0.0930. The van der Waals surface area contributed by atoms with Crippen LogP contribution in [0.15, 0.2) is 42.6 Å². The largest absolute Gasteiger partial charge is 0.348 e. The minimum Gasteiger partial charge on any atom is -0.348 e. The summed E-state index contributed by atoms with van der Waals surface area (Å²) in [7, 11) is -0.387. The van der Waals surface area contributed by atoms with Gasteiger partial charge < -0.3 is 10.3 Å². The van der Waals surface area contributed by atoms with Crippen LogP contribution in [0.5, 0.6) is 0 Å². The molecule has 5 rings (SSSR count). The first kappa shape index (κ1) is 19.6. The SMILES string of the molecule is O=C(NC1CCS2(CCCCC2)CC1)c1cc2cc(-c3ccccc3F)cnc2[nH]1. The first-order valence-electron chi connectivity index (χ1n) is 10.9. The molecule has 0 atom stereocenters. The molecular weight excluding hydrogens is 397 g/mol. The highest BCUT2D eigenvalue weighted by molar-refractivity contribution is 8.33. The van der Waals surface area contributed by atoms with E-state index in [0.29, 0.717) is 22.5 Å². The van der Waals surface area contributed by atoms with Gasteiger partial charge in [-0.3, -0.25) is 4.79 Å². The molecule has 4 heterocycles. The number of hydrogen-bond acceptors (Lipinski definition) is 2. The van der Waals surface area contributed by atoms with Gasteiger partial charge in [0.1, 0.15) is 17.2 Å². The fourth-order valence-corrected chi connectivity index (χ4v) is 9.35. The summed E-state index contributed by atoms with van der Waals surface area (Å²) < 4.78 is 14.1. The first-order valence-corrected chi connectivity index (χ1v) is 13.2. The highest BCUT2D eigenvalue weighted by Crippen LogP contribution is 2.55. The number of rotatable bonds is 3. The molecule has 3 aromatic rings. The number of pyridine rings is 1. The van der Waals surface area contributed by atoms with E-state index in [1.807, 2.05) is 18.2 Å². The highest BCUT2D eigenvalue weighted by Gasteiger charge is 2.32. The number of nitrogens with one attached hydrogen (secondary N) is 2. The van der Waals surface area contributed by atoms with Crippen LogP contribution in [0, 0.1) is 5.82 Å². The van der Waals surface area contributed by atoms with Gasteiger partial charge in [-0.2, -0.15) is 0 Å². The Bertz CT molecular complexity index is 1060. The van der Waals surface area contributed by atoms with Crippen molar-refractivity contribution in [2.24, 2.45) is 0 Å². The van der Waals surface area contributed by atoms with E-state index in [2.05, 4.69) is 15.3 Å². The maximum absolute atomic E-state index is 14.1. The lowest BCUT2D eigenvalue weighted by Gasteiger charge is -2.48. The van der Waals surface area contributed by atoms with Crippen molar-refractivity contribution in [2.75, 3.05) is 23.0 Å². The van der Waals surface area contributed by atoms with Crippen molar-refractivity contribution < 1.29 is 9.18 Å². The normalized spacial score (nSPS) is 20.3. The molecule has 0 unspecified atom stereocenters. The molecule has 158 valence electrons. The van der Waals surface area contributed by atoms with E-state index in [0.717, 1.165) is 18.2 Å². The lowest BCUT2D eigenvalue weighted by Crippen LogP contribution is -2.41. The topological polar surface area (TPSA) is 57.8 Å². The van der Waals surface area contributed by atoms with Gasteiger partial charge in [-0.1, -0.05) is 24.6 Å². The summed E-state index contributed by atoms with van der Waals surface area (Å²) in [4.78, 5) is 20.4. The molecule has 30 heavy (non-hydrogen) atoms. The number of hydrogen-bond donors (Lipinski definition) is 2. The van der Waals surface area contributed by atoms with Crippen LogP contribution in [0.25, 0.3) is 22.2 Å². The van der Waals surface area contributed by atoms with Crippen LogP contribution < -0.4 is 5.32 Å². The Balaban J connectivity index is 1.28. The maximum atomic E-state index is 14.1. The number of amides is 1. The van der Waals surface area contributed by atoms with Crippen molar-refractivity contribution in [1.29, 1.82) is 0 Å². The van der Waals surface area contributed by atoms with Crippen LogP contribution in [-0.4, -0.2) is 44.9 Å². The number of halogens is 1. The van der Waals surface area contributed by atoms with E-state index in [4.69, 9.17) is 0 Å². The van der Waals surface area contributed by atoms with E-state index in [1.54, 1.807) is 18.3 Å². The molecule has 0 radical (unpaired) electrons. The molecule has 4 nitrogen and oxygen atoms in total. The molecule has 2 N–H and O–H groups in total. The van der Waals surface area contributed by atoms with Gasteiger partial charge in [0, 0.05) is 28.8 Å². The summed E-state index contributed by atoms with van der Waals surface area (Å²) in [6.45, 7) is 0. The van der Waals surface area contributed by atoms with Crippen molar-refractivity contribution in [3.8, 4) is 11.1 Å². The molecule has 2 aromatic heterocycles. The van der Waals surface area contributed by atoms with Gasteiger partial charge in [-0.05, 0) is 66.9 Å². The molecule has 0 bridgehead atoms. The molecule has 2 fully saturated rings. The fraction of sp³-hybridized carbons (Fsp3) is 0.417. The number of H-pyrrole nitrogens is 1. The smallest absolute Gasteiger partial charge is 0.267 e. The third-order valence-corrected chi connectivity index (χ3v) is 11.2. The molecule has 1 amide bonds. The summed E-state index contributed by atoms with van der Waals surface area (Å²) in [6, 6.07) is 10.6. The predicted molar refractivity (Wildman–Crippen MR) is 123 cm³/mol. The van der Waals surface area contributed by atoms with Gasteiger partial charge in [-0.15, -0.1) is 0 Å². The molecule has 0 aliphatic carbocycles. The Hall–Kier alpha value is -2.34. The standard InChI is InChI=1S/C24H28FN3OS/c25-21-7-3-2-6-20(21)18-14-17-15-22(28-23(17)26-16-18)24(29)27-19-8-12-30(13-9-19)10-4-1-5-11-30/h2-3,6-7,14-16,19H,1,4-5,8-13H2,(H,26,28)(H,27,29). The monoisotopic (exact) mass is 425 g/mol. The summed E-state index contributed by atoms with van der Waals surface area (Å²) in [6.07, 6.45) is 8.08. The predicted octanol–water partition coefficient (Wildman–Crippen LogP) is 5.25. The minimum atomic E-state index is -0.387. The van der Waals surface area contributed by atoms with Gasteiger partial charge >= 0.3 is 0 Å². The fourth-order valence-electron chi connectivity index (χ4n) is 4.92. The van der Waals surface area contributed by atoms with Crippen LogP contribution in [0.1, 0.15) is 42.6 Å². The Labute approximate surface area is 178 Å². The van der Waals surface area contributed by atoms with Gasteiger partial charge in [0.05, 0.1) is 0 Å². The van der Waals surface area contributed by atoms with Gasteiger partial charge in [0.25, 0.3) is 5.91 Å². The van der Waals surface area contributed by atoms with Crippen LogP contribution in [0.2, 0.25) is 0 Å². The lowest BCUT2D eigenvalue weighted by atomic mass is 10.1. The Morgan fingerprint density at radius 2 is 1.83 bits per heavy atom. The number of carbonyl (C=O) groups excluding carboxylic acids is 1. The number of benzene rings is 1. The molecule has 0 saturated carbocycles. The van der Waals surface area contributed by atoms with E-state index in [9.17, 15) is 9.18 Å². The number of fused-ring (bicyclic) bond motifs is 1. The van der Waals surface area contributed by atoms with Gasteiger partial charge in [-0.25, -0.2) is 19.4 Å².